The van der Waals surface area contributed by atoms with Crippen LogP contribution in [-0.4, -0.2) is 46.7 Å². The second kappa shape index (κ2) is 11.5. The quantitative estimate of drug-likeness (QED) is 0.565. The number of rotatable bonds is 4. The van der Waals surface area contributed by atoms with Crippen molar-refractivity contribution in [1.82, 2.24) is 10.6 Å². The summed E-state index contributed by atoms with van der Waals surface area (Å²) in [5.41, 5.74) is -2.61. The number of thiocarbonyl (C=S) groups is 1. The maximum Gasteiger partial charge on any atom is 0.257 e. The van der Waals surface area contributed by atoms with Crippen LogP contribution in [0.5, 0.6) is 0 Å². The zero-order valence-electron chi connectivity index (χ0n) is 19.1. The van der Waals surface area contributed by atoms with Gasteiger partial charge in [-0.15, -0.1) is 0 Å². The van der Waals surface area contributed by atoms with Gasteiger partial charge < -0.3 is 15.2 Å². The Labute approximate surface area is 196 Å². The van der Waals surface area contributed by atoms with Gasteiger partial charge in [-0.1, -0.05) is 63.1 Å². The maximum absolute atomic E-state index is 16.5. The molecule has 7 heteroatoms. The lowest BCUT2D eigenvalue weighted by Crippen LogP contribution is -2.74. The normalized spacial score (nSPS) is 30.3. The van der Waals surface area contributed by atoms with Crippen molar-refractivity contribution in [2.45, 2.75) is 88.4 Å². The Morgan fingerprint density at radius 3 is 2.31 bits per heavy atom. The summed E-state index contributed by atoms with van der Waals surface area (Å²) in [4.78, 5) is 12.6. The van der Waals surface area contributed by atoms with Crippen molar-refractivity contribution in [2.75, 3.05) is 13.2 Å². The molecule has 3 rings (SSSR count). The molecule has 0 unspecified atom stereocenters. The highest BCUT2D eigenvalue weighted by Crippen LogP contribution is 2.45. The monoisotopic (exact) mass is 464 g/mol. The average Bonchev–Trinajstić information content (AvgIpc) is 2.80. The number of ether oxygens (including phenoxy) is 1. The molecular formula is C25H37FN2O3S. The van der Waals surface area contributed by atoms with E-state index in [1.54, 1.807) is 24.3 Å². The standard InChI is InChI=1S/C25H37FN2O3S/c1-19-16-24(26,17-29)25(18-31-19,21-14-10-5-3-2-4-6-11-15-21)28-23(32)27-22(30)20-12-8-7-9-13-20/h7-9,12-13,19,21,29H,2-6,10-11,14-18H2,1H3,(H2,27,28,30,32)/t19-,24+,25+/m0/s1. The van der Waals surface area contributed by atoms with Crippen LogP contribution < -0.4 is 10.6 Å². The Morgan fingerprint density at radius 1 is 1.12 bits per heavy atom. The molecule has 5 nitrogen and oxygen atoms in total. The van der Waals surface area contributed by atoms with Gasteiger partial charge in [-0.2, -0.15) is 0 Å². The van der Waals surface area contributed by atoms with Crippen LogP contribution >= 0.6 is 12.2 Å². The third kappa shape index (κ3) is 5.86. The summed E-state index contributed by atoms with van der Waals surface area (Å²) < 4.78 is 22.5. The van der Waals surface area contributed by atoms with Gasteiger partial charge in [0.15, 0.2) is 10.8 Å². The van der Waals surface area contributed by atoms with Crippen LogP contribution in [0.1, 0.15) is 81.5 Å². The number of amides is 1. The molecule has 3 N–H and O–H groups in total. The van der Waals surface area contributed by atoms with E-state index in [-0.39, 0.29) is 36.1 Å². The van der Waals surface area contributed by atoms with Crippen LogP contribution in [0.4, 0.5) is 4.39 Å². The van der Waals surface area contributed by atoms with Gasteiger partial charge in [0.25, 0.3) is 5.91 Å². The van der Waals surface area contributed by atoms with Crippen LogP contribution in [0.15, 0.2) is 30.3 Å². The van der Waals surface area contributed by atoms with E-state index < -0.39 is 17.8 Å². The molecule has 2 aliphatic rings. The van der Waals surface area contributed by atoms with Gasteiger partial charge in [0, 0.05) is 12.0 Å². The number of hydrogen-bond donors (Lipinski definition) is 3. The number of halogens is 1. The zero-order chi connectivity index (χ0) is 23.0. The molecule has 1 saturated heterocycles. The fourth-order valence-electron chi connectivity index (χ4n) is 5.34. The minimum absolute atomic E-state index is 0.0585. The fraction of sp³-hybridized carbons (Fsp3) is 0.680. The largest absolute Gasteiger partial charge is 0.393 e. The van der Waals surface area contributed by atoms with E-state index in [9.17, 15) is 9.90 Å². The van der Waals surface area contributed by atoms with Crippen molar-refractivity contribution in [3.63, 3.8) is 0 Å². The van der Waals surface area contributed by atoms with E-state index in [4.69, 9.17) is 17.0 Å². The number of alkyl halides is 1. The molecule has 1 saturated carbocycles. The van der Waals surface area contributed by atoms with Crippen LogP contribution in [0.2, 0.25) is 0 Å². The highest BCUT2D eigenvalue weighted by molar-refractivity contribution is 7.80. The summed E-state index contributed by atoms with van der Waals surface area (Å²) in [6.07, 6.45) is 9.39. The number of aliphatic hydroxyl groups is 1. The molecule has 0 aromatic heterocycles. The van der Waals surface area contributed by atoms with Gasteiger partial charge in [0.05, 0.1) is 19.3 Å². The minimum Gasteiger partial charge on any atom is -0.393 e. The van der Waals surface area contributed by atoms with Crippen molar-refractivity contribution in [3.8, 4) is 0 Å². The molecule has 3 atom stereocenters. The van der Waals surface area contributed by atoms with Gasteiger partial charge in [-0.25, -0.2) is 4.39 Å². The molecule has 32 heavy (non-hydrogen) atoms. The lowest BCUT2D eigenvalue weighted by molar-refractivity contribution is -0.160. The molecular weight excluding hydrogens is 427 g/mol. The smallest absolute Gasteiger partial charge is 0.257 e. The van der Waals surface area contributed by atoms with Crippen LogP contribution in [0.25, 0.3) is 0 Å². The topological polar surface area (TPSA) is 70.6 Å². The molecule has 178 valence electrons. The molecule has 0 spiro atoms. The maximum atomic E-state index is 16.5. The second-order valence-corrected chi connectivity index (χ2v) is 9.85. The number of aliphatic hydroxyl groups excluding tert-OH is 1. The predicted molar refractivity (Wildman–Crippen MR) is 128 cm³/mol. The summed E-state index contributed by atoms with van der Waals surface area (Å²) in [5.74, 6) is -0.403. The molecule has 2 fully saturated rings. The molecule has 1 aromatic carbocycles. The summed E-state index contributed by atoms with van der Waals surface area (Å²) in [6, 6.07) is 8.80. The van der Waals surface area contributed by atoms with Crippen LogP contribution in [-0.2, 0) is 4.74 Å². The minimum atomic E-state index is -1.90. The highest BCUT2D eigenvalue weighted by atomic mass is 32.1. The van der Waals surface area contributed by atoms with Crippen LogP contribution in [0.3, 0.4) is 0 Å². The number of benzene rings is 1. The van der Waals surface area contributed by atoms with Crippen molar-refractivity contribution < 1.29 is 19.0 Å². The summed E-state index contributed by atoms with van der Waals surface area (Å²) in [5, 5.41) is 16.2. The number of carbonyl (C=O) groups excluding carboxylic acids is 1. The first kappa shape index (κ1) is 25.1. The lowest BCUT2D eigenvalue weighted by atomic mass is 9.65. The van der Waals surface area contributed by atoms with Crippen molar-refractivity contribution >= 4 is 23.2 Å². The molecule has 1 aliphatic carbocycles. The summed E-state index contributed by atoms with van der Waals surface area (Å²) in [7, 11) is 0. The van der Waals surface area contributed by atoms with Gasteiger partial charge in [-0.3, -0.25) is 10.1 Å². The Hall–Kier alpha value is -1.57. The van der Waals surface area contributed by atoms with E-state index in [0.29, 0.717) is 5.56 Å². The zero-order valence-corrected chi connectivity index (χ0v) is 19.9. The summed E-state index contributed by atoms with van der Waals surface area (Å²) >= 11 is 5.49. The molecule has 0 radical (unpaired) electrons. The molecule has 1 amide bonds. The van der Waals surface area contributed by atoms with E-state index >= 15 is 4.39 Å². The number of hydrogen-bond acceptors (Lipinski definition) is 4. The van der Waals surface area contributed by atoms with Crippen molar-refractivity contribution in [3.05, 3.63) is 35.9 Å². The predicted octanol–water partition coefficient (Wildman–Crippen LogP) is 4.68. The van der Waals surface area contributed by atoms with E-state index in [1.165, 1.54) is 19.3 Å². The molecule has 1 heterocycles. The van der Waals surface area contributed by atoms with Gasteiger partial charge >= 0.3 is 0 Å². The third-order valence-electron chi connectivity index (χ3n) is 7.16. The fourth-order valence-corrected chi connectivity index (χ4v) is 5.62. The first-order valence-corrected chi connectivity index (χ1v) is 12.4. The average molecular weight is 465 g/mol. The Bertz CT molecular complexity index is 755. The highest BCUT2D eigenvalue weighted by Gasteiger charge is 2.59. The third-order valence-corrected chi connectivity index (χ3v) is 7.36. The van der Waals surface area contributed by atoms with Gasteiger partial charge in [0.1, 0.15) is 5.54 Å². The Balaban J connectivity index is 1.85. The van der Waals surface area contributed by atoms with E-state index in [2.05, 4.69) is 10.6 Å². The number of carbonyl (C=O) groups is 1. The van der Waals surface area contributed by atoms with E-state index in [1.807, 2.05) is 13.0 Å². The number of nitrogens with one attached hydrogen (secondary N) is 2. The Kier molecular flexibility index (Phi) is 9.03. The SMILES string of the molecule is C[C@H]1C[C@@](F)(CO)[C@](NC(=S)NC(=O)c2ccccc2)(C2CCCCCCCCC2)CO1. The van der Waals surface area contributed by atoms with Crippen LogP contribution in [0, 0.1) is 5.92 Å². The van der Waals surface area contributed by atoms with Crippen molar-refractivity contribution in [2.24, 2.45) is 5.92 Å². The molecule has 1 aromatic rings. The van der Waals surface area contributed by atoms with Crippen molar-refractivity contribution in [1.29, 1.82) is 0 Å². The van der Waals surface area contributed by atoms with E-state index in [0.717, 1.165) is 38.5 Å². The lowest BCUT2D eigenvalue weighted by Gasteiger charge is -2.54. The molecule has 1 aliphatic heterocycles. The Morgan fingerprint density at radius 2 is 1.72 bits per heavy atom. The van der Waals surface area contributed by atoms with Gasteiger partial charge in [-0.05, 0) is 50.0 Å². The van der Waals surface area contributed by atoms with Gasteiger partial charge in [0.2, 0.25) is 0 Å². The summed E-state index contributed by atoms with van der Waals surface area (Å²) in [6.45, 7) is 1.33. The molecule has 0 bridgehead atoms. The second-order valence-electron chi connectivity index (χ2n) is 9.44. The first-order valence-electron chi connectivity index (χ1n) is 12.0. The first-order chi connectivity index (χ1) is 15.4.